The number of para-hydroxylation sites is 2. The van der Waals surface area contributed by atoms with E-state index >= 15 is 0 Å². The van der Waals surface area contributed by atoms with Crippen LogP contribution in [0.3, 0.4) is 0 Å². The second-order valence-electron chi connectivity index (χ2n) is 5.27. The number of fused-ring (bicyclic) bond motifs is 1. The minimum Gasteiger partial charge on any atom is -0.421 e. The number of hydrogen-bond donors (Lipinski definition) is 0. The van der Waals surface area contributed by atoms with Crippen LogP contribution in [0.1, 0.15) is 0 Å². The van der Waals surface area contributed by atoms with Gasteiger partial charge in [-0.1, -0.05) is 60.7 Å². The van der Waals surface area contributed by atoms with Crippen molar-refractivity contribution in [3.63, 3.8) is 0 Å². The van der Waals surface area contributed by atoms with Gasteiger partial charge in [0.25, 0.3) is 0 Å². The first-order chi connectivity index (χ1) is 11.8. The van der Waals surface area contributed by atoms with E-state index in [0.717, 1.165) is 22.2 Å². The highest BCUT2D eigenvalue weighted by Crippen LogP contribution is 2.29. The lowest BCUT2D eigenvalue weighted by atomic mass is 10.1. The average Bonchev–Trinajstić information content (AvgIpc) is 2.64. The Morgan fingerprint density at radius 1 is 0.708 bits per heavy atom. The smallest absolute Gasteiger partial charge is 0.323 e. The highest BCUT2D eigenvalue weighted by atomic mass is 19.1. The Morgan fingerprint density at radius 2 is 1.42 bits per heavy atom. The number of nitrogens with zero attached hydrogens (tertiary/aromatic N) is 2. The van der Waals surface area contributed by atoms with Crippen LogP contribution >= 0.6 is 0 Å². The van der Waals surface area contributed by atoms with E-state index in [0.29, 0.717) is 0 Å². The van der Waals surface area contributed by atoms with Crippen molar-refractivity contribution in [3.05, 3.63) is 84.7 Å². The molecule has 4 heteroatoms. The first-order valence-electron chi connectivity index (χ1n) is 7.56. The first-order valence-corrected chi connectivity index (χ1v) is 7.56. The molecule has 24 heavy (non-hydrogen) atoms. The molecule has 4 rings (SSSR count). The van der Waals surface area contributed by atoms with E-state index < -0.39 is 5.82 Å². The molecule has 0 spiro atoms. The third-order valence-corrected chi connectivity index (χ3v) is 3.67. The van der Waals surface area contributed by atoms with Crippen molar-refractivity contribution < 1.29 is 9.13 Å². The van der Waals surface area contributed by atoms with Crippen molar-refractivity contribution >= 4 is 10.9 Å². The lowest BCUT2D eigenvalue weighted by molar-refractivity contribution is 0.413. The van der Waals surface area contributed by atoms with Crippen molar-refractivity contribution in [2.75, 3.05) is 0 Å². The van der Waals surface area contributed by atoms with Gasteiger partial charge in [0, 0.05) is 10.9 Å². The van der Waals surface area contributed by atoms with E-state index in [1.54, 1.807) is 18.2 Å². The molecule has 0 saturated carbocycles. The van der Waals surface area contributed by atoms with E-state index in [4.69, 9.17) is 4.74 Å². The number of ether oxygens (including phenoxy) is 1. The molecule has 0 fully saturated rings. The lowest BCUT2D eigenvalue weighted by Gasteiger charge is -2.10. The summed E-state index contributed by atoms with van der Waals surface area (Å²) in [5, 5.41) is 0.921. The molecule has 4 aromatic rings. The molecular formula is C20H13FN2O. The van der Waals surface area contributed by atoms with Gasteiger partial charge < -0.3 is 4.74 Å². The Labute approximate surface area is 138 Å². The van der Waals surface area contributed by atoms with Crippen molar-refractivity contribution in [2.45, 2.75) is 0 Å². The molecule has 0 bridgehead atoms. The van der Waals surface area contributed by atoms with Crippen LogP contribution in [0, 0.1) is 5.82 Å². The third-order valence-electron chi connectivity index (χ3n) is 3.67. The fourth-order valence-electron chi connectivity index (χ4n) is 2.54. The van der Waals surface area contributed by atoms with Crippen LogP contribution < -0.4 is 4.74 Å². The van der Waals surface area contributed by atoms with E-state index in [1.165, 1.54) is 6.07 Å². The zero-order chi connectivity index (χ0) is 16.4. The first kappa shape index (κ1) is 14.3. The summed E-state index contributed by atoms with van der Waals surface area (Å²) < 4.78 is 19.4. The maximum absolute atomic E-state index is 13.8. The minimum absolute atomic E-state index is 0.104. The summed E-state index contributed by atoms with van der Waals surface area (Å²) in [5.41, 5.74) is 2.46. The summed E-state index contributed by atoms with van der Waals surface area (Å²) >= 11 is 0. The van der Waals surface area contributed by atoms with Gasteiger partial charge in [-0.25, -0.2) is 4.39 Å². The predicted molar refractivity (Wildman–Crippen MR) is 91.4 cm³/mol. The Morgan fingerprint density at radius 3 is 2.25 bits per heavy atom. The average molecular weight is 316 g/mol. The maximum Gasteiger partial charge on any atom is 0.323 e. The fraction of sp³-hybridized carbons (Fsp3) is 0. The van der Waals surface area contributed by atoms with E-state index in [1.807, 2.05) is 54.6 Å². The Kier molecular flexibility index (Phi) is 3.63. The molecular weight excluding hydrogens is 303 g/mol. The van der Waals surface area contributed by atoms with Crippen molar-refractivity contribution in [3.8, 4) is 23.0 Å². The summed E-state index contributed by atoms with van der Waals surface area (Å²) in [7, 11) is 0. The van der Waals surface area contributed by atoms with Crippen LogP contribution in [-0.2, 0) is 0 Å². The molecule has 0 saturated heterocycles. The van der Waals surface area contributed by atoms with Gasteiger partial charge in [0.2, 0.25) is 0 Å². The molecule has 0 unspecified atom stereocenters. The molecule has 0 radical (unpaired) electrons. The van der Waals surface area contributed by atoms with Crippen molar-refractivity contribution in [1.29, 1.82) is 0 Å². The number of halogens is 1. The molecule has 0 N–H and O–H groups in total. The molecule has 0 aliphatic rings. The largest absolute Gasteiger partial charge is 0.421 e. The highest BCUT2D eigenvalue weighted by Gasteiger charge is 2.12. The third kappa shape index (κ3) is 2.70. The van der Waals surface area contributed by atoms with Crippen molar-refractivity contribution in [1.82, 2.24) is 9.97 Å². The number of rotatable bonds is 3. The molecule has 0 amide bonds. The van der Waals surface area contributed by atoms with Gasteiger partial charge in [-0.2, -0.15) is 9.97 Å². The SMILES string of the molecule is Fc1ccccc1Oc1nc(-c2ccccc2)c2ccccc2n1. The Bertz CT molecular complexity index is 1000. The van der Waals surface area contributed by atoms with Crippen LogP contribution in [-0.4, -0.2) is 9.97 Å². The molecule has 0 aliphatic carbocycles. The van der Waals surface area contributed by atoms with Gasteiger partial charge >= 0.3 is 6.01 Å². The predicted octanol–water partition coefficient (Wildman–Crippen LogP) is 5.23. The van der Waals surface area contributed by atoms with Crippen LogP contribution in [0.5, 0.6) is 11.8 Å². The number of benzene rings is 3. The molecule has 0 aliphatic heterocycles. The summed E-state index contributed by atoms with van der Waals surface area (Å²) in [5.74, 6) is -0.345. The fourth-order valence-corrected chi connectivity index (χ4v) is 2.54. The van der Waals surface area contributed by atoms with Gasteiger partial charge in [-0.15, -0.1) is 0 Å². The number of hydrogen-bond acceptors (Lipinski definition) is 3. The number of aromatic nitrogens is 2. The van der Waals surface area contributed by atoms with Gasteiger partial charge in [0.15, 0.2) is 11.6 Å². The molecule has 3 nitrogen and oxygen atoms in total. The summed E-state index contributed by atoms with van der Waals surface area (Å²) in [4.78, 5) is 8.91. The maximum atomic E-state index is 13.8. The Balaban J connectivity index is 1.87. The minimum atomic E-state index is -0.449. The lowest BCUT2D eigenvalue weighted by Crippen LogP contribution is -1.97. The topological polar surface area (TPSA) is 35.0 Å². The van der Waals surface area contributed by atoms with E-state index in [-0.39, 0.29) is 11.8 Å². The normalized spacial score (nSPS) is 10.7. The summed E-state index contributed by atoms with van der Waals surface area (Å²) in [6, 6.07) is 23.8. The van der Waals surface area contributed by atoms with Gasteiger partial charge in [0.1, 0.15) is 0 Å². The van der Waals surface area contributed by atoms with Crippen LogP contribution in [0.15, 0.2) is 78.9 Å². The van der Waals surface area contributed by atoms with Crippen molar-refractivity contribution in [2.24, 2.45) is 0 Å². The zero-order valence-corrected chi connectivity index (χ0v) is 12.7. The molecule has 1 aromatic heterocycles. The highest BCUT2D eigenvalue weighted by molar-refractivity contribution is 5.92. The van der Waals surface area contributed by atoms with Gasteiger partial charge in [-0.3, -0.25) is 0 Å². The van der Waals surface area contributed by atoms with E-state index in [9.17, 15) is 4.39 Å². The molecule has 3 aromatic carbocycles. The second-order valence-corrected chi connectivity index (χ2v) is 5.27. The second kappa shape index (κ2) is 6.08. The standard InChI is InChI=1S/C20H13FN2O/c21-16-11-5-7-13-18(16)24-20-22-17-12-6-4-10-15(17)19(23-20)14-8-2-1-3-9-14/h1-13H. The van der Waals surface area contributed by atoms with Crippen LogP contribution in [0.25, 0.3) is 22.2 Å². The van der Waals surface area contributed by atoms with Crippen LogP contribution in [0.4, 0.5) is 4.39 Å². The van der Waals surface area contributed by atoms with Gasteiger partial charge in [-0.05, 0) is 18.2 Å². The van der Waals surface area contributed by atoms with Gasteiger partial charge in [0.05, 0.1) is 11.2 Å². The van der Waals surface area contributed by atoms with Crippen LogP contribution in [0.2, 0.25) is 0 Å². The summed E-state index contributed by atoms with van der Waals surface area (Å²) in [6.07, 6.45) is 0. The Hall–Kier alpha value is -3.27. The molecule has 0 atom stereocenters. The molecule has 116 valence electrons. The quantitative estimate of drug-likeness (QED) is 0.519. The zero-order valence-electron chi connectivity index (χ0n) is 12.7. The molecule has 1 heterocycles. The monoisotopic (exact) mass is 316 g/mol. The summed E-state index contributed by atoms with van der Waals surface area (Å²) in [6.45, 7) is 0. The van der Waals surface area contributed by atoms with E-state index in [2.05, 4.69) is 9.97 Å².